The van der Waals surface area contributed by atoms with Crippen LogP contribution in [0, 0.1) is 18.7 Å². The van der Waals surface area contributed by atoms with Crippen molar-refractivity contribution in [2.75, 3.05) is 7.05 Å². The quantitative estimate of drug-likeness (QED) is 0.877. The molecule has 0 radical (unpaired) electrons. The van der Waals surface area contributed by atoms with Crippen LogP contribution in [-0.4, -0.2) is 21.5 Å². The predicted molar refractivity (Wildman–Crippen MR) is 81.0 cm³/mol. The van der Waals surface area contributed by atoms with E-state index >= 15 is 0 Å². The Kier molecular flexibility index (Phi) is 5.01. The van der Waals surface area contributed by atoms with Gasteiger partial charge in [0.25, 0.3) is 0 Å². The molecule has 2 N–H and O–H groups in total. The lowest BCUT2D eigenvalue weighted by Crippen LogP contribution is -2.33. The molecule has 2 unspecified atom stereocenters. The van der Waals surface area contributed by atoms with Crippen molar-refractivity contribution >= 4 is 10.0 Å². The second-order valence-electron chi connectivity index (χ2n) is 5.97. The Morgan fingerprint density at radius 3 is 2.62 bits per heavy atom. The maximum Gasteiger partial charge on any atom is 0.241 e. The summed E-state index contributed by atoms with van der Waals surface area (Å²) in [5.74, 6) is 0.0501. The third-order valence-corrected chi connectivity index (χ3v) is 5.69. The summed E-state index contributed by atoms with van der Waals surface area (Å²) in [5, 5.41) is 2.91. The van der Waals surface area contributed by atoms with E-state index < -0.39 is 15.8 Å². The summed E-state index contributed by atoms with van der Waals surface area (Å²) in [6.45, 7) is 4.05. The summed E-state index contributed by atoms with van der Waals surface area (Å²) < 4.78 is 41.7. The Labute approximate surface area is 126 Å². The first-order chi connectivity index (χ1) is 9.83. The largest absolute Gasteiger partial charge is 0.316 e. The van der Waals surface area contributed by atoms with Crippen molar-refractivity contribution in [3.05, 3.63) is 29.1 Å². The topological polar surface area (TPSA) is 58.2 Å². The van der Waals surface area contributed by atoms with Gasteiger partial charge in [0.15, 0.2) is 0 Å². The lowest BCUT2D eigenvalue weighted by atomic mass is 10.1. The SMILES string of the molecule is CNCc1cc(F)c(C)c(S(=O)(=O)NC2CCC(C)C2)c1. The van der Waals surface area contributed by atoms with E-state index in [-0.39, 0.29) is 16.5 Å². The van der Waals surface area contributed by atoms with Gasteiger partial charge in [-0.1, -0.05) is 6.92 Å². The highest BCUT2D eigenvalue weighted by Crippen LogP contribution is 2.27. The van der Waals surface area contributed by atoms with Crippen LogP contribution < -0.4 is 10.0 Å². The first kappa shape index (κ1) is 16.4. The lowest BCUT2D eigenvalue weighted by Gasteiger charge is -2.16. The van der Waals surface area contributed by atoms with E-state index in [9.17, 15) is 12.8 Å². The van der Waals surface area contributed by atoms with Crippen LogP contribution in [-0.2, 0) is 16.6 Å². The summed E-state index contributed by atoms with van der Waals surface area (Å²) in [6, 6.07) is 2.89. The maximum atomic E-state index is 13.9. The average Bonchev–Trinajstić information content (AvgIpc) is 2.78. The van der Waals surface area contributed by atoms with Crippen LogP contribution in [0.3, 0.4) is 0 Å². The van der Waals surface area contributed by atoms with Gasteiger partial charge in [-0.25, -0.2) is 17.5 Å². The molecule has 118 valence electrons. The molecule has 1 saturated carbocycles. The second-order valence-corrected chi connectivity index (χ2v) is 7.65. The number of rotatable bonds is 5. The minimum Gasteiger partial charge on any atom is -0.316 e. The molecular formula is C15H23FN2O2S. The van der Waals surface area contributed by atoms with Gasteiger partial charge in [-0.05, 0) is 56.8 Å². The van der Waals surface area contributed by atoms with Crippen molar-refractivity contribution in [2.24, 2.45) is 5.92 Å². The Morgan fingerprint density at radius 1 is 1.33 bits per heavy atom. The van der Waals surface area contributed by atoms with E-state index in [1.807, 2.05) is 0 Å². The molecular weight excluding hydrogens is 291 g/mol. The van der Waals surface area contributed by atoms with Crippen LogP contribution in [0.15, 0.2) is 17.0 Å². The molecule has 2 rings (SSSR count). The molecule has 21 heavy (non-hydrogen) atoms. The Balaban J connectivity index is 2.30. The molecule has 1 fully saturated rings. The van der Waals surface area contributed by atoms with Gasteiger partial charge in [-0.15, -0.1) is 0 Å². The van der Waals surface area contributed by atoms with Crippen LogP contribution in [0.5, 0.6) is 0 Å². The summed E-state index contributed by atoms with van der Waals surface area (Å²) in [4.78, 5) is 0.0484. The van der Waals surface area contributed by atoms with E-state index in [1.54, 1.807) is 13.1 Å². The van der Waals surface area contributed by atoms with E-state index in [2.05, 4.69) is 17.0 Å². The van der Waals surface area contributed by atoms with Crippen molar-refractivity contribution in [3.8, 4) is 0 Å². The fourth-order valence-electron chi connectivity index (χ4n) is 2.89. The van der Waals surface area contributed by atoms with Gasteiger partial charge in [0, 0.05) is 18.2 Å². The maximum absolute atomic E-state index is 13.9. The van der Waals surface area contributed by atoms with Crippen molar-refractivity contribution in [2.45, 2.75) is 50.6 Å². The Morgan fingerprint density at radius 2 is 2.05 bits per heavy atom. The first-order valence-electron chi connectivity index (χ1n) is 7.29. The molecule has 0 aliphatic heterocycles. The molecule has 0 bridgehead atoms. The fourth-order valence-corrected chi connectivity index (χ4v) is 4.48. The van der Waals surface area contributed by atoms with Gasteiger partial charge in [-0.3, -0.25) is 0 Å². The molecule has 0 spiro atoms. The van der Waals surface area contributed by atoms with E-state index in [4.69, 9.17) is 0 Å². The monoisotopic (exact) mass is 314 g/mol. The molecule has 0 saturated heterocycles. The minimum absolute atomic E-state index is 0.0413. The van der Waals surface area contributed by atoms with Gasteiger partial charge in [0.05, 0.1) is 4.90 Å². The van der Waals surface area contributed by atoms with Gasteiger partial charge in [-0.2, -0.15) is 0 Å². The molecule has 2 atom stereocenters. The molecule has 6 heteroatoms. The molecule has 0 aromatic heterocycles. The van der Waals surface area contributed by atoms with E-state index in [0.717, 1.165) is 19.3 Å². The predicted octanol–water partition coefficient (Wildman–Crippen LogP) is 2.32. The Bertz CT molecular complexity index is 616. The third-order valence-electron chi connectivity index (χ3n) is 4.04. The molecule has 0 heterocycles. The highest BCUT2D eigenvalue weighted by atomic mass is 32.2. The van der Waals surface area contributed by atoms with Gasteiger partial charge in [0.1, 0.15) is 5.82 Å². The smallest absolute Gasteiger partial charge is 0.241 e. The summed E-state index contributed by atoms with van der Waals surface area (Å²) >= 11 is 0. The van der Waals surface area contributed by atoms with Crippen molar-refractivity contribution in [1.29, 1.82) is 0 Å². The standard InChI is InChI=1S/C15H23FN2O2S/c1-10-4-5-13(6-10)18-21(19,20)15-8-12(9-17-3)7-14(16)11(15)2/h7-8,10,13,17-18H,4-6,9H2,1-3H3. The zero-order valence-electron chi connectivity index (χ0n) is 12.7. The number of hydrogen-bond acceptors (Lipinski definition) is 3. The van der Waals surface area contributed by atoms with Crippen molar-refractivity contribution in [1.82, 2.24) is 10.0 Å². The van der Waals surface area contributed by atoms with Crippen LogP contribution in [0.1, 0.15) is 37.3 Å². The highest BCUT2D eigenvalue weighted by molar-refractivity contribution is 7.89. The van der Waals surface area contributed by atoms with E-state index in [1.165, 1.54) is 13.0 Å². The first-order valence-corrected chi connectivity index (χ1v) is 8.77. The van der Waals surface area contributed by atoms with Gasteiger partial charge < -0.3 is 5.32 Å². The summed E-state index contributed by atoms with van der Waals surface area (Å²) in [5.41, 5.74) is 0.800. The zero-order valence-corrected chi connectivity index (χ0v) is 13.6. The normalized spacial score (nSPS) is 22.7. The van der Waals surface area contributed by atoms with Crippen LogP contribution >= 0.6 is 0 Å². The molecule has 0 amide bonds. The molecule has 4 nitrogen and oxygen atoms in total. The fraction of sp³-hybridized carbons (Fsp3) is 0.600. The average molecular weight is 314 g/mol. The minimum atomic E-state index is -3.68. The molecule has 1 aliphatic rings. The number of sulfonamides is 1. The highest BCUT2D eigenvalue weighted by Gasteiger charge is 2.28. The van der Waals surface area contributed by atoms with Crippen molar-refractivity contribution in [3.63, 3.8) is 0 Å². The molecule has 1 aliphatic carbocycles. The number of halogens is 1. The van der Waals surface area contributed by atoms with Crippen LogP contribution in [0.25, 0.3) is 0 Å². The number of nitrogens with one attached hydrogen (secondary N) is 2. The number of hydrogen-bond donors (Lipinski definition) is 2. The summed E-state index contributed by atoms with van der Waals surface area (Å²) in [6.07, 6.45) is 2.72. The van der Waals surface area contributed by atoms with E-state index in [0.29, 0.717) is 18.0 Å². The van der Waals surface area contributed by atoms with Crippen LogP contribution in [0.2, 0.25) is 0 Å². The lowest BCUT2D eigenvalue weighted by molar-refractivity contribution is 0.535. The molecule has 1 aromatic rings. The van der Waals surface area contributed by atoms with Crippen molar-refractivity contribution < 1.29 is 12.8 Å². The zero-order chi connectivity index (χ0) is 15.6. The Hall–Kier alpha value is -0.980. The molecule has 1 aromatic carbocycles. The van der Waals surface area contributed by atoms with Crippen LogP contribution in [0.4, 0.5) is 4.39 Å². The van der Waals surface area contributed by atoms with Gasteiger partial charge >= 0.3 is 0 Å². The second kappa shape index (κ2) is 6.42. The number of benzene rings is 1. The summed E-state index contributed by atoms with van der Waals surface area (Å²) in [7, 11) is -1.94. The van der Waals surface area contributed by atoms with Gasteiger partial charge in [0.2, 0.25) is 10.0 Å². The third kappa shape index (κ3) is 3.81.